The van der Waals surface area contributed by atoms with Crippen molar-refractivity contribution < 1.29 is 4.74 Å². The number of pyridine rings is 1. The van der Waals surface area contributed by atoms with Crippen LogP contribution in [0.15, 0.2) is 18.5 Å². The van der Waals surface area contributed by atoms with Crippen LogP contribution in [0.3, 0.4) is 0 Å². The van der Waals surface area contributed by atoms with Crippen LogP contribution in [-0.4, -0.2) is 34.4 Å². The highest BCUT2D eigenvalue weighted by molar-refractivity contribution is 6.34. The van der Waals surface area contributed by atoms with E-state index in [0.717, 1.165) is 17.4 Å². The summed E-state index contributed by atoms with van der Waals surface area (Å²) in [6.45, 7) is 5.74. The largest absolute Gasteiger partial charge is 0.379 e. The van der Waals surface area contributed by atoms with Crippen LogP contribution in [0.4, 0.5) is 5.82 Å². The molecule has 6 heteroatoms. The molecule has 19 heavy (non-hydrogen) atoms. The van der Waals surface area contributed by atoms with Crippen molar-refractivity contribution in [2.45, 2.75) is 19.9 Å². The van der Waals surface area contributed by atoms with E-state index in [1.165, 1.54) is 0 Å². The quantitative estimate of drug-likeness (QED) is 0.915. The second-order valence-electron chi connectivity index (χ2n) is 5.46. The van der Waals surface area contributed by atoms with Crippen LogP contribution < -0.4 is 5.32 Å². The lowest BCUT2D eigenvalue weighted by Gasteiger charge is -2.26. The van der Waals surface area contributed by atoms with Gasteiger partial charge < -0.3 is 10.1 Å². The van der Waals surface area contributed by atoms with Crippen LogP contribution in [0, 0.1) is 5.41 Å². The Morgan fingerprint density at radius 1 is 1.37 bits per heavy atom. The van der Waals surface area contributed by atoms with Gasteiger partial charge in [-0.3, -0.25) is 4.98 Å². The molecule has 3 rings (SSSR count). The monoisotopic (exact) mass is 278 g/mol. The molecule has 1 atom stereocenters. The van der Waals surface area contributed by atoms with Crippen LogP contribution >= 0.6 is 11.6 Å². The van der Waals surface area contributed by atoms with Crippen molar-refractivity contribution in [3.05, 3.63) is 23.6 Å². The molecular weight excluding hydrogens is 264 g/mol. The van der Waals surface area contributed by atoms with E-state index in [-0.39, 0.29) is 11.5 Å². The standard InChI is InChI=1S/C13H15ClN4O/c1-13(2)7-19-6-10(13)16-12-9-5-15-4-3-8(9)11(14)17-18-12/h3-5,10H,6-7H2,1-2H3,(H,16,18). The zero-order valence-electron chi connectivity index (χ0n) is 10.9. The minimum absolute atomic E-state index is 0.0653. The smallest absolute Gasteiger partial charge is 0.159 e. The molecule has 0 aliphatic carbocycles. The second-order valence-corrected chi connectivity index (χ2v) is 5.82. The normalized spacial score (nSPS) is 21.7. The van der Waals surface area contributed by atoms with E-state index in [1.54, 1.807) is 12.4 Å². The SMILES string of the molecule is CC1(C)COCC1Nc1nnc(Cl)c2ccncc12. The number of fused-ring (bicyclic) bond motifs is 1. The Morgan fingerprint density at radius 2 is 2.21 bits per heavy atom. The third-order valence-corrected chi connectivity index (χ3v) is 3.83. The first-order valence-corrected chi connectivity index (χ1v) is 6.56. The number of nitrogens with one attached hydrogen (secondary N) is 1. The number of hydrogen-bond donors (Lipinski definition) is 1. The molecule has 0 aromatic carbocycles. The predicted octanol–water partition coefficient (Wildman–Crippen LogP) is 2.52. The zero-order valence-corrected chi connectivity index (χ0v) is 11.6. The fraction of sp³-hybridized carbons (Fsp3) is 0.462. The lowest BCUT2D eigenvalue weighted by atomic mass is 9.88. The number of halogens is 1. The average Bonchev–Trinajstić information content (AvgIpc) is 2.72. The van der Waals surface area contributed by atoms with E-state index in [4.69, 9.17) is 16.3 Å². The average molecular weight is 279 g/mol. The van der Waals surface area contributed by atoms with Gasteiger partial charge in [-0.1, -0.05) is 25.4 Å². The summed E-state index contributed by atoms with van der Waals surface area (Å²) in [5.41, 5.74) is 0.0653. The maximum absolute atomic E-state index is 6.05. The summed E-state index contributed by atoms with van der Waals surface area (Å²) in [5, 5.41) is 13.7. The van der Waals surface area contributed by atoms with Crippen molar-refractivity contribution in [1.82, 2.24) is 15.2 Å². The number of anilines is 1. The summed E-state index contributed by atoms with van der Waals surface area (Å²) >= 11 is 6.05. The first kappa shape index (κ1) is 12.6. The Hall–Kier alpha value is -1.46. The molecule has 0 saturated carbocycles. The number of aromatic nitrogens is 3. The lowest BCUT2D eigenvalue weighted by molar-refractivity contribution is 0.167. The number of nitrogens with zero attached hydrogens (tertiary/aromatic N) is 3. The summed E-state index contributed by atoms with van der Waals surface area (Å²) in [4.78, 5) is 4.13. The third kappa shape index (κ3) is 2.24. The summed E-state index contributed by atoms with van der Waals surface area (Å²) in [7, 11) is 0. The Balaban J connectivity index is 2.00. The van der Waals surface area contributed by atoms with Crippen molar-refractivity contribution in [2.75, 3.05) is 18.5 Å². The lowest BCUT2D eigenvalue weighted by Crippen LogP contribution is -2.35. The Labute approximate surface area is 116 Å². The second kappa shape index (κ2) is 4.58. The fourth-order valence-electron chi connectivity index (χ4n) is 2.24. The van der Waals surface area contributed by atoms with E-state index >= 15 is 0 Å². The molecular formula is C13H15ClN4O. The molecule has 2 aromatic rings. The molecule has 1 fully saturated rings. The molecule has 1 unspecified atom stereocenters. The van der Waals surface area contributed by atoms with Gasteiger partial charge in [-0.15, -0.1) is 10.2 Å². The van der Waals surface area contributed by atoms with Gasteiger partial charge in [0.2, 0.25) is 0 Å². The molecule has 0 spiro atoms. The van der Waals surface area contributed by atoms with Crippen molar-refractivity contribution in [3.8, 4) is 0 Å². The molecule has 1 saturated heterocycles. The highest BCUT2D eigenvalue weighted by Gasteiger charge is 2.36. The molecule has 5 nitrogen and oxygen atoms in total. The summed E-state index contributed by atoms with van der Waals surface area (Å²) in [6, 6.07) is 2.04. The number of hydrogen-bond acceptors (Lipinski definition) is 5. The van der Waals surface area contributed by atoms with E-state index in [9.17, 15) is 0 Å². The molecule has 100 valence electrons. The van der Waals surface area contributed by atoms with Crippen molar-refractivity contribution in [1.29, 1.82) is 0 Å². The minimum atomic E-state index is 0.0653. The molecule has 0 bridgehead atoms. The van der Waals surface area contributed by atoms with Gasteiger partial charge >= 0.3 is 0 Å². The minimum Gasteiger partial charge on any atom is -0.379 e. The molecule has 1 aliphatic heterocycles. The number of ether oxygens (including phenoxy) is 1. The summed E-state index contributed by atoms with van der Waals surface area (Å²) in [5.74, 6) is 0.705. The van der Waals surface area contributed by atoms with Gasteiger partial charge in [0.05, 0.1) is 19.3 Å². The Kier molecular flexibility index (Phi) is 3.03. The van der Waals surface area contributed by atoms with Crippen molar-refractivity contribution in [2.24, 2.45) is 5.41 Å². The molecule has 0 radical (unpaired) electrons. The van der Waals surface area contributed by atoms with Crippen molar-refractivity contribution >= 4 is 28.2 Å². The first-order chi connectivity index (χ1) is 9.08. The van der Waals surface area contributed by atoms with Gasteiger partial charge in [-0.25, -0.2) is 0 Å². The maximum atomic E-state index is 6.05. The van der Waals surface area contributed by atoms with E-state index in [2.05, 4.69) is 34.3 Å². The van der Waals surface area contributed by atoms with Gasteiger partial charge in [-0.05, 0) is 6.07 Å². The summed E-state index contributed by atoms with van der Waals surface area (Å²) in [6.07, 6.45) is 3.45. The first-order valence-electron chi connectivity index (χ1n) is 6.18. The van der Waals surface area contributed by atoms with Gasteiger partial charge in [0.15, 0.2) is 11.0 Å². The van der Waals surface area contributed by atoms with Crippen LogP contribution in [0.2, 0.25) is 5.15 Å². The van der Waals surface area contributed by atoms with Gasteiger partial charge in [0.1, 0.15) is 0 Å². The van der Waals surface area contributed by atoms with E-state index in [0.29, 0.717) is 17.6 Å². The van der Waals surface area contributed by atoms with Crippen LogP contribution in [0.25, 0.3) is 10.8 Å². The summed E-state index contributed by atoms with van der Waals surface area (Å²) < 4.78 is 5.53. The zero-order chi connectivity index (χ0) is 13.5. The predicted molar refractivity (Wildman–Crippen MR) is 74.4 cm³/mol. The van der Waals surface area contributed by atoms with Gasteiger partial charge in [0.25, 0.3) is 0 Å². The van der Waals surface area contributed by atoms with Crippen LogP contribution in [0.5, 0.6) is 0 Å². The van der Waals surface area contributed by atoms with Crippen LogP contribution in [0.1, 0.15) is 13.8 Å². The molecule has 0 amide bonds. The molecule has 3 heterocycles. The molecule has 1 N–H and O–H groups in total. The van der Waals surface area contributed by atoms with Gasteiger partial charge in [-0.2, -0.15) is 0 Å². The Bertz CT molecular complexity index is 617. The topological polar surface area (TPSA) is 59.9 Å². The molecule has 1 aliphatic rings. The highest BCUT2D eigenvalue weighted by Crippen LogP contribution is 2.32. The fourth-order valence-corrected chi connectivity index (χ4v) is 2.44. The maximum Gasteiger partial charge on any atom is 0.159 e. The van der Waals surface area contributed by atoms with E-state index in [1.807, 2.05) is 6.07 Å². The van der Waals surface area contributed by atoms with Crippen LogP contribution in [-0.2, 0) is 4.74 Å². The van der Waals surface area contributed by atoms with E-state index < -0.39 is 0 Å². The third-order valence-electron chi connectivity index (χ3n) is 3.55. The molecule has 2 aromatic heterocycles. The Morgan fingerprint density at radius 3 is 2.95 bits per heavy atom. The van der Waals surface area contributed by atoms with Crippen molar-refractivity contribution in [3.63, 3.8) is 0 Å². The van der Waals surface area contributed by atoms with Gasteiger partial charge in [0, 0.05) is 28.6 Å². The number of rotatable bonds is 2. The highest BCUT2D eigenvalue weighted by atomic mass is 35.5.